The molecule has 0 saturated carbocycles. The molecule has 90 valence electrons. The van der Waals surface area contributed by atoms with Gasteiger partial charge in [-0.25, -0.2) is 0 Å². The van der Waals surface area contributed by atoms with Crippen molar-refractivity contribution in [2.45, 2.75) is 19.4 Å². The number of aryl methyl sites for hydroxylation is 1. The number of nitriles is 1. The minimum Gasteiger partial charge on any atom is -0.387 e. The lowest BCUT2D eigenvalue weighted by atomic mass is 9.79. The topological polar surface area (TPSA) is 53.2 Å². The van der Waals surface area contributed by atoms with E-state index in [4.69, 9.17) is 16.3 Å². The minimum atomic E-state index is -0.854. The lowest BCUT2D eigenvalue weighted by molar-refractivity contribution is 0.0504. The Kier molecular flexibility index (Phi) is 3.39. The largest absolute Gasteiger partial charge is 0.387 e. The van der Waals surface area contributed by atoms with Gasteiger partial charge in [-0.2, -0.15) is 5.26 Å². The van der Waals surface area contributed by atoms with Gasteiger partial charge in [0.15, 0.2) is 0 Å². The monoisotopic (exact) mass is 251 g/mol. The van der Waals surface area contributed by atoms with Gasteiger partial charge in [-0.15, -0.1) is 0 Å². The van der Waals surface area contributed by atoms with Crippen molar-refractivity contribution in [2.24, 2.45) is 5.41 Å². The fourth-order valence-corrected chi connectivity index (χ4v) is 2.23. The van der Waals surface area contributed by atoms with Crippen molar-refractivity contribution in [3.8, 4) is 6.07 Å². The van der Waals surface area contributed by atoms with E-state index in [0.29, 0.717) is 23.6 Å². The molecular weight excluding hydrogens is 238 g/mol. The molecule has 0 bridgehead atoms. The molecule has 1 aliphatic heterocycles. The molecular formula is C13H14ClNO2. The normalized spacial score (nSPS) is 25.5. The summed E-state index contributed by atoms with van der Waals surface area (Å²) in [7, 11) is 0. The number of aliphatic hydroxyl groups excluding tert-OH is 1. The molecule has 2 unspecified atom stereocenters. The summed E-state index contributed by atoms with van der Waals surface area (Å²) >= 11 is 6.03. The molecule has 0 spiro atoms. The Hall–Kier alpha value is -1.08. The van der Waals surface area contributed by atoms with Gasteiger partial charge in [0.05, 0.1) is 18.8 Å². The van der Waals surface area contributed by atoms with Gasteiger partial charge in [0.1, 0.15) is 5.41 Å². The average molecular weight is 252 g/mol. The van der Waals surface area contributed by atoms with Crippen LogP contribution in [0.2, 0.25) is 5.02 Å². The summed E-state index contributed by atoms with van der Waals surface area (Å²) in [6.45, 7) is 2.69. The summed E-state index contributed by atoms with van der Waals surface area (Å²) in [5.74, 6) is 0. The number of ether oxygens (including phenoxy) is 1. The molecule has 1 fully saturated rings. The van der Waals surface area contributed by atoms with Crippen LogP contribution in [0.15, 0.2) is 18.2 Å². The lowest BCUT2D eigenvalue weighted by Crippen LogP contribution is -2.27. The van der Waals surface area contributed by atoms with Gasteiger partial charge >= 0.3 is 0 Å². The summed E-state index contributed by atoms with van der Waals surface area (Å²) in [5.41, 5.74) is 0.794. The Morgan fingerprint density at radius 1 is 1.59 bits per heavy atom. The molecule has 2 rings (SSSR count). The minimum absolute atomic E-state index is 0.274. The third-order valence-electron chi connectivity index (χ3n) is 3.31. The molecule has 2 atom stereocenters. The lowest BCUT2D eigenvalue weighted by Gasteiger charge is -2.25. The SMILES string of the molecule is Cc1ccc(C(O)C2(C#N)CCOC2)cc1Cl. The highest BCUT2D eigenvalue weighted by Crippen LogP contribution is 2.41. The van der Waals surface area contributed by atoms with Gasteiger partial charge in [0.25, 0.3) is 0 Å². The number of halogens is 1. The smallest absolute Gasteiger partial charge is 0.113 e. The summed E-state index contributed by atoms with van der Waals surface area (Å²) in [6.07, 6.45) is -0.302. The fourth-order valence-electron chi connectivity index (χ4n) is 2.04. The van der Waals surface area contributed by atoms with Crippen molar-refractivity contribution in [3.05, 3.63) is 34.3 Å². The van der Waals surface area contributed by atoms with Crippen LogP contribution in [0.3, 0.4) is 0 Å². The average Bonchev–Trinajstić information content (AvgIpc) is 2.81. The van der Waals surface area contributed by atoms with E-state index in [1.54, 1.807) is 6.07 Å². The molecule has 1 aliphatic rings. The standard InChI is InChI=1S/C13H14ClNO2/c1-9-2-3-10(6-11(9)14)12(16)13(7-15)4-5-17-8-13/h2-3,6,12,16H,4-5,8H2,1H3. The quantitative estimate of drug-likeness (QED) is 0.879. The van der Waals surface area contributed by atoms with E-state index in [2.05, 4.69) is 6.07 Å². The second-order valence-electron chi connectivity index (χ2n) is 4.48. The molecule has 1 aromatic rings. The molecule has 1 heterocycles. The van der Waals surface area contributed by atoms with E-state index in [-0.39, 0.29) is 6.61 Å². The van der Waals surface area contributed by atoms with E-state index in [9.17, 15) is 10.4 Å². The maximum Gasteiger partial charge on any atom is 0.113 e. The number of hydrogen-bond acceptors (Lipinski definition) is 3. The Morgan fingerprint density at radius 3 is 2.88 bits per heavy atom. The Bertz CT molecular complexity index is 461. The van der Waals surface area contributed by atoms with Crippen LogP contribution in [0, 0.1) is 23.7 Å². The Balaban J connectivity index is 2.33. The highest BCUT2D eigenvalue weighted by Gasteiger charge is 2.43. The second-order valence-corrected chi connectivity index (χ2v) is 4.89. The van der Waals surface area contributed by atoms with Crippen molar-refractivity contribution >= 4 is 11.6 Å². The van der Waals surface area contributed by atoms with Crippen LogP contribution in [0.25, 0.3) is 0 Å². The first-order valence-corrected chi connectivity index (χ1v) is 5.90. The summed E-state index contributed by atoms with van der Waals surface area (Å²) in [5, 5.41) is 20.2. The summed E-state index contributed by atoms with van der Waals surface area (Å²) < 4.78 is 5.23. The first-order valence-electron chi connectivity index (χ1n) is 5.52. The molecule has 0 aliphatic carbocycles. The second kappa shape index (κ2) is 4.66. The first kappa shape index (κ1) is 12.4. The van der Waals surface area contributed by atoms with Gasteiger partial charge in [0.2, 0.25) is 0 Å². The molecule has 17 heavy (non-hydrogen) atoms. The number of aliphatic hydroxyl groups is 1. The van der Waals surface area contributed by atoms with Crippen molar-refractivity contribution in [1.82, 2.24) is 0 Å². The van der Waals surface area contributed by atoms with E-state index in [1.165, 1.54) is 0 Å². The van der Waals surface area contributed by atoms with E-state index >= 15 is 0 Å². The molecule has 0 aromatic heterocycles. The van der Waals surface area contributed by atoms with Crippen molar-refractivity contribution in [2.75, 3.05) is 13.2 Å². The van der Waals surface area contributed by atoms with Crippen LogP contribution in [0.4, 0.5) is 0 Å². The number of hydrogen-bond donors (Lipinski definition) is 1. The highest BCUT2D eigenvalue weighted by atomic mass is 35.5. The molecule has 1 aromatic carbocycles. The van der Waals surface area contributed by atoms with Crippen molar-refractivity contribution < 1.29 is 9.84 Å². The maximum absolute atomic E-state index is 10.3. The molecule has 0 radical (unpaired) electrons. The van der Waals surface area contributed by atoms with E-state index < -0.39 is 11.5 Å². The number of rotatable bonds is 2. The van der Waals surface area contributed by atoms with Crippen LogP contribution in [-0.4, -0.2) is 18.3 Å². The zero-order valence-corrected chi connectivity index (χ0v) is 10.4. The molecule has 1 saturated heterocycles. The molecule has 3 nitrogen and oxygen atoms in total. The van der Waals surface area contributed by atoms with Crippen LogP contribution < -0.4 is 0 Å². The van der Waals surface area contributed by atoms with E-state index in [1.807, 2.05) is 19.1 Å². The Labute approximate surface area is 106 Å². The zero-order chi connectivity index (χ0) is 12.5. The van der Waals surface area contributed by atoms with Gasteiger partial charge in [-0.1, -0.05) is 23.7 Å². The fraction of sp³-hybridized carbons (Fsp3) is 0.462. The molecule has 0 amide bonds. The van der Waals surface area contributed by atoms with Gasteiger partial charge in [-0.3, -0.25) is 0 Å². The van der Waals surface area contributed by atoms with Crippen molar-refractivity contribution in [1.29, 1.82) is 5.26 Å². The van der Waals surface area contributed by atoms with Crippen LogP contribution in [-0.2, 0) is 4.74 Å². The molecule has 1 N–H and O–H groups in total. The van der Waals surface area contributed by atoms with Gasteiger partial charge in [-0.05, 0) is 30.5 Å². The molecule has 4 heteroatoms. The first-order chi connectivity index (χ1) is 8.09. The van der Waals surface area contributed by atoms with Crippen molar-refractivity contribution in [3.63, 3.8) is 0 Å². The van der Waals surface area contributed by atoms with Crippen LogP contribution in [0.1, 0.15) is 23.7 Å². The van der Waals surface area contributed by atoms with Crippen LogP contribution in [0.5, 0.6) is 0 Å². The van der Waals surface area contributed by atoms with E-state index in [0.717, 1.165) is 5.56 Å². The third kappa shape index (κ3) is 2.16. The highest BCUT2D eigenvalue weighted by molar-refractivity contribution is 6.31. The number of benzene rings is 1. The number of nitrogens with zero attached hydrogens (tertiary/aromatic N) is 1. The predicted molar refractivity (Wildman–Crippen MR) is 64.6 cm³/mol. The Morgan fingerprint density at radius 2 is 2.35 bits per heavy atom. The summed E-state index contributed by atoms with van der Waals surface area (Å²) in [6, 6.07) is 7.57. The summed E-state index contributed by atoms with van der Waals surface area (Å²) in [4.78, 5) is 0. The third-order valence-corrected chi connectivity index (χ3v) is 3.72. The van der Waals surface area contributed by atoms with Gasteiger partial charge < -0.3 is 9.84 Å². The maximum atomic E-state index is 10.3. The van der Waals surface area contributed by atoms with Crippen LogP contribution >= 0.6 is 11.6 Å². The van der Waals surface area contributed by atoms with Gasteiger partial charge in [0, 0.05) is 11.6 Å². The predicted octanol–water partition coefficient (Wildman–Crippen LogP) is 2.61. The zero-order valence-electron chi connectivity index (χ0n) is 9.61.